The van der Waals surface area contributed by atoms with Crippen molar-refractivity contribution in [1.29, 1.82) is 0 Å². The van der Waals surface area contributed by atoms with E-state index in [0.29, 0.717) is 19.6 Å². The summed E-state index contributed by atoms with van der Waals surface area (Å²) >= 11 is 0. The minimum absolute atomic E-state index is 0.0927. The molecule has 0 saturated heterocycles. The molecule has 3 N–H and O–H groups in total. The van der Waals surface area contributed by atoms with E-state index in [0.717, 1.165) is 19.4 Å². The summed E-state index contributed by atoms with van der Waals surface area (Å²) in [5.74, 6) is -0.272. The highest BCUT2D eigenvalue weighted by Gasteiger charge is 2.43. The molecule has 1 amide bonds. The number of hydrogen-bond donors (Lipinski definition) is 2. The Morgan fingerprint density at radius 1 is 1.42 bits per heavy atom. The van der Waals surface area contributed by atoms with Gasteiger partial charge in [0.1, 0.15) is 5.54 Å². The zero-order chi connectivity index (χ0) is 14.5. The fourth-order valence-electron chi connectivity index (χ4n) is 2.51. The van der Waals surface area contributed by atoms with Crippen LogP contribution in [0.15, 0.2) is 0 Å². The Hall–Kier alpha value is -0.650. The number of ether oxygens (including phenoxy) is 2. The van der Waals surface area contributed by atoms with Crippen LogP contribution in [0.3, 0.4) is 0 Å². The maximum atomic E-state index is 11.6. The van der Waals surface area contributed by atoms with Gasteiger partial charge in [-0.1, -0.05) is 6.92 Å². The number of rotatable bonds is 7. The summed E-state index contributed by atoms with van der Waals surface area (Å²) in [7, 11) is 0. The van der Waals surface area contributed by atoms with Crippen molar-refractivity contribution in [2.45, 2.75) is 64.2 Å². The second kappa shape index (κ2) is 6.68. The molecular formula is C14H28N2O3. The van der Waals surface area contributed by atoms with Gasteiger partial charge in [0.2, 0.25) is 5.91 Å². The standard InChI is InChI=1S/C14H28N2O3/c1-5-16-14(12(15)17)7-6-11(10-14)18-8-9-19-13(2,3)4/h11,16H,5-10H2,1-4H3,(H2,15,17). The molecule has 5 heteroatoms. The summed E-state index contributed by atoms with van der Waals surface area (Å²) in [6, 6.07) is 0. The van der Waals surface area contributed by atoms with Gasteiger partial charge in [0.15, 0.2) is 0 Å². The van der Waals surface area contributed by atoms with Crippen LogP contribution in [0.1, 0.15) is 47.0 Å². The molecule has 0 aliphatic heterocycles. The molecule has 2 atom stereocenters. The predicted octanol–water partition coefficient (Wildman–Crippen LogP) is 1.20. The van der Waals surface area contributed by atoms with E-state index in [1.807, 2.05) is 27.7 Å². The van der Waals surface area contributed by atoms with E-state index in [1.54, 1.807) is 0 Å². The third-order valence-electron chi connectivity index (χ3n) is 3.43. The maximum Gasteiger partial charge on any atom is 0.237 e. The lowest BCUT2D eigenvalue weighted by molar-refractivity contribution is -0.124. The molecule has 0 heterocycles. The molecule has 2 unspecified atom stereocenters. The van der Waals surface area contributed by atoms with E-state index in [4.69, 9.17) is 15.2 Å². The number of nitrogens with one attached hydrogen (secondary N) is 1. The zero-order valence-electron chi connectivity index (χ0n) is 12.6. The third kappa shape index (κ3) is 5.09. The van der Waals surface area contributed by atoms with Gasteiger partial charge in [0.05, 0.1) is 24.9 Å². The normalized spacial score (nSPS) is 27.7. The monoisotopic (exact) mass is 272 g/mol. The molecule has 0 radical (unpaired) electrons. The zero-order valence-corrected chi connectivity index (χ0v) is 12.6. The topological polar surface area (TPSA) is 73.6 Å². The lowest BCUT2D eigenvalue weighted by Gasteiger charge is -2.26. The summed E-state index contributed by atoms with van der Waals surface area (Å²) in [5.41, 5.74) is 4.79. The Balaban J connectivity index is 2.33. The first-order chi connectivity index (χ1) is 8.79. The van der Waals surface area contributed by atoms with Crippen molar-refractivity contribution in [2.75, 3.05) is 19.8 Å². The fourth-order valence-corrected chi connectivity index (χ4v) is 2.51. The Labute approximate surface area is 116 Å². The van der Waals surface area contributed by atoms with Crippen molar-refractivity contribution < 1.29 is 14.3 Å². The van der Waals surface area contributed by atoms with Crippen LogP contribution in [0.25, 0.3) is 0 Å². The highest BCUT2D eigenvalue weighted by molar-refractivity contribution is 5.85. The van der Waals surface area contributed by atoms with Gasteiger partial charge >= 0.3 is 0 Å². The molecule has 112 valence electrons. The SMILES string of the molecule is CCNC1(C(N)=O)CCC(OCCOC(C)(C)C)C1. The third-order valence-corrected chi connectivity index (χ3v) is 3.43. The van der Waals surface area contributed by atoms with Gasteiger partial charge in [-0.3, -0.25) is 4.79 Å². The summed E-state index contributed by atoms with van der Waals surface area (Å²) in [4.78, 5) is 11.6. The predicted molar refractivity (Wildman–Crippen MR) is 74.9 cm³/mol. The van der Waals surface area contributed by atoms with E-state index in [9.17, 15) is 4.79 Å². The van der Waals surface area contributed by atoms with Crippen LogP contribution >= 0.6 is 0 Å². The summed E-state index contributed by atoms with van der Waals surface area (Å²) in [5, 5.41) is 3.22. The van der Waals surface area contributed by atoms with Crippen molar-refractivity contribution in [3.8, 4) is 0 Å². The summed E-state index contributed by atoms with van der Waals surface area (Å²) in [6.07, 6.45) is 2.37. The molecule has 0 bridgehead atoms. The van der Waals surface area contributed by atoms with Crippen LogP contribution in [0.5, 0.6) is 0 Å². The van der Waals surface area contributed by atoms with Gasteiger partial charge in [-0.15, -0.1) is 0 Å². The second-order valence-corrected chi connectivity index (χ2v) is 6.17. The van der Waals surface area contributed by atoms with Gasteiger partial charge in [-0.2, -0.15) is 0 Å². The van der Waals surface area contributed by atoms with E-state index < -0.39 is 5.54 Å². The molecule has 0 aromatic rings. The number of carbonyl (C=O) groups is 1. The number of hydrogen-bond acceptors (Lipinski definition) is 4. The Kier molecular flexibility index (Phi) is 5.77. The molecule has 1 aliphatic carbocycles. The van der Waals surface area contributed by atoms with E-state index >= 15 is 0 Å². The van der Waals surface area contributed by atoms with Crippen LogP contribution in [-0.2, 0) is 14.3 Å². The number of amides is 1. The van der Waals surface area contributed by atoms with Crippen LogP contribution in [0, 0.1) is 0 Å². The molecule has 1 saturated carbocycles. The lowest BCUT2D eigenvalue weighted by atomic mass is 9.96. The smallest absolute Gasteiger partial charge is 0.237 e. The Bertz CT molecular complexity index is 302. The number of likely N-dealkylation sites (N-methyl/N-ethyl adjacent to an activating group) is 1. The van der Waals surface area contributed by atoms with Crippen LogP contribution in [0.2, 0.25) is 0 Å². The van der Waals surface area contributed by atoms with E-state index in [-0.39, 0.29) is 17.6 Å². The van der Waals surface area contributed by atoms with E-state index in [1.165, 1.54) is 0 Å². The quantitative estimate of drug-likeness (QED) is 0.683. The van der Waals surface area contributed by atoms with Crippen LogP contribution in [0.4, 0.5) is 0 Å². The number of carbonyl (C=O) groups excluding carboxylic acids is 1. The van der Waals surface area contributed by atoms with Gasteiger partial charge in [0.25, 0.3) is 0 Å². The highest BCUT2D eigenvalue weighted by atomic mass is 16.5. The molecule has 19 heavy (non-hydrogen) atoms. The highest BCUT2D eigenvalue weighted by Crippen LogP contribution is 2.31. The molecule has 1 fully saturated rings. The summed E-state index contributed by atoms with van der Waals surface area (Å²) in [6.45, 7) is 9.91. The Morgan fingerprint density at radius 3 is 2.63 bits per heavy atom. The fraction of sp³-hybridized carbons (Fsp3) is 0.929. The molecule has 1 rings (SSSR count). The first-order valence-electron chi connectivity index (χ1n) is 7.09. The first-order valence-corrected chi connectivity index (χ1v) is 7.09. The lowest BCUT2D eigenvalue weighted by Crippen LogP contribution is -2.53. The minimum atomic E-state index is -0.579. The number of nitrogens with two attached hydrogens (primary N) is 1. The molecular weight excluding hydrogens is 244 g/mol. The first kappa shape index (κ1) is 16.4. The maximum absolute atomic E-state index is 11.6. The van der Waals surface area contributed by atoms with Gasteiger partial charge in [-0.25, -0.2) is 0 Å². The van der Waals surface area contributed by atoms with Crippen LogP contribution < -0.4 is 11.1 Å². The molecule has 0 spiro atoms. The average molecular weight is 272 g/mol. The largest absolute Gasteiger partial charge is 0.376 e. The number of primary amides is 1. The Morgan fingerprint density at radius 2 is 2.11 bits per heavy atom. The van der Waals surface area contributed by atoms with Gasteiger partial charge in [-0.05, 0) is 40.2 Å². The van der Waals surface area contributed by atoms with E-state index in [2.05, 4.69) is 5.32 Å². The van der Waals surface area contributed by atoms with Gasteiger partial charge in [0, 0.05) is 6.42 Å². The molecule has 5 nitrogen and oxygen atoms in total. The molecule has 0 aromatic heterocycles. The molecule has 1 aliphatic rings. The second-order valence-electron chi connectivity index (χ2n) is 6.17. The van der Waals surface area contributed by atoms with Crippen molar-refractivity contribution in [3.63, 3.8) is 0 Å². The average Bonchev–Trinajstić information content (AvgIpc) is 2.69. The summed E-state index contributed by atoms with van der Waals surface area (Å²) < 4.78 is 11.4. The van der Waals surface area contributed by atoms with Gasteiger partial charge < -0.3 is 20.5 Å². The van der Waals surface area contributed by atoms with Crippen molar-refractivity contribution in [3.05, 3.63) is 0 Å². The van der Waals surface area contributed by atoms with Crippen molar-refractivity contribution in [2.24, 2.45) is 5.73 Å². The van der Waals surface area contributed by atoms with Crippen LogP contribution in [-0.4, -0.2) is 42.9 Å². The minimum Gasteiger partial charge on any atom is -0.376 e. The molecule has 0 aromatic carbocycles. The van der Waals surface area contributed by atoms with Crippen molar-refractivity contribution >= 4 is 5.91 Å². The van der Waals surface area contributed by atoms with Crippen molar-refractivity contribution in [1.82, 2.24) is 5.32 Å².